The zero-order valence-electron chi connectivity index (χ0n) is 18.9. The van der Waals surface area contributed by atoms with E-state index < -0.39 is 0 Å². The molecule has 28 heavy (non-hydrogen) atoms. The molecule has 2 heteroatoms. The topological polar surface area (TPSA) is 29.5 Å². The van der Waals surface area contributed by atoms with E-state index in [-0.39, 0.29) is 0 Å². The van der Waals surface area contributed by atoms with Crippen LogP contribution in [0.25, 0.3) is 0 Å². The van der Waals surface area contributed by atoms with Crippen LogP contribution >= 0.6 is 0 Å². The van der Waals surface area contributed by atoms with Crippen molar-refractivity contribution >= 4 is 0 Å². The van der Waals surface area contributed by atoms with Crippen molar-refractivity contribution in [3.05, 3.63) is 81.4 Å². The average Bonchev–Trinajstić information content (AvgIpc) is 2.59. The van der Waals surface area contributed by atoms with E-state index >= 15 is 0 Å². The molecular weight excluding hydrogens is 344 g/mol. The van der Waals surface area contributed by atoms with Gasteiger partial charge in [-0.05, 0) is 107 Å². The normalized spacial score (nSPS) is 10.1. The maximum absolute atomic E-state index is 9.97. The molecule has 0 amide bonds. The van der Waals surface area contributed by atoms with Crippen molar-refractivity contribution in [2.24, 2.45) is 0 Å². The minimum Gasteiger partial charge on any atom is -0.507 e. The fourth-order valence-corrected chi connectivity index (χ4v) is 3.00. The lowest BCUT2D eigenvalue weighted by atomic mass is 9.95. The lowest BCUT2D eigenvalue weighted by Gasteiger charge is -2.13. The van der Waals surface area contributed by atoms with Gasteiger partial charge in [-0.1, -0.05) is 30.9 Å². The number of aromatic hydroxyl groups is 1. The molecule has 2 rings (SSSR count). The molecule has 0 saturated heterocycles. The van der Waals surface area contributed by atoms with Crippen LogP contribution in [0.5, 0.6) is 11.5 Å². The first kappa shape index (κ1) is 23.6. The van der Waals surface area contributed by atoms with Gasteiger partial charge in [0, 0.05) is 5.56 Å². The highest BCUT2D eigenvalue weighted by atomic mass is 16.5. The molecule has 0 aliphatic carbocycles. The van der Waals surface area contributed by atoms with Gasteiger partial charge in [-0.25, -0.2) is 0 Å². The molecule has 0 fully saturated rings. The van der Waals surface area contributed by atoms with Crippen LogP contribution in [0, 0.1) is 41.5 Å². The van der Waals surface area contributed by atoms with E-state index in [1.54, 1.807) is 0 Å². The second kappa shape index (κ2) is 10.2. The quantitative estimate of drug-likeness (QED) is 0.566. The molecule has 1 N–H and O–H groups in total. The van der Waals surface area contributed by atoms with Crippen LogP contribution in [0.4, 0.5) is 0 Å². The van der Waals surface area contributed by atoms with Gasteiger partial charge in [-0.3, -0.25) is 0 Å². The minimum atomic E-state index is 0.436. The summed E-state index contributed by atoms with van der Waals surface area (Å²) in [5.41, 5.74) is 10.1. The molecule has 2 nitrogen and oxygen atoms in total. The largest absolute Gasteiger partial charge is 0.507 e. The molecule has 0 unspecified atom stereocenters. The smallest absolute Gasteiger partial charge is 0.123 e. The Labute approximate surface area is 171 Å². The fourth-order valence-electron chi connectivity index (χ4n) is 3.00. The highest BCUT2D eigenvalue weighted by molar-refractivity contribution is 5.49. The standard InChI is InChI=1S/2C13H18O/c1-9(2)8-14-13-7-10(3)6-11(4)12(13)5;1-8(2)6-12-10(4)7-9(3)11(5)13(12)14/h6-7H,1,8H2,2-5H3;7,14H,1,6H2,2-5H3. The van der Waals surface area contributed by atoms with Gasteiger partial charge in [-0.15, -0.1) is 0 Å². The van der Waals surface area contributed by atoms with Crippen molar-refractivity contribution in [3.63, 3.8) is 0 Å². The van der Waals surface area contributed by atoms with Gasteiger partial charge in [0.1, 0.15) is 18.1 Å². The van der Waals surface area contributed by atoms with Gasteiger partial charge in [0.15, 0.2) is 0 Å². The summed E-state index contributed by atoms with van der Waals surface area (Å²) in [4.78, 5) is 0. The summed E-state index contributed by atoms with van der Waals surface area (Å²) in [6, 6.07) is 6.36. The van der Waals surface area contributed by atoms with Crippen molar-refractivity contribution in [2.75, 3.05) is 6.61 Å². The monoisotopic (exact) mass is 380 g/mol. The molecule has 2 aromatic rings. The van der Waals surface area contributed by atoms with Crippen LogP contribution in [0.3, 0.4) is 0 Å². The lowest BCUT2D eigenvalue weighted by molar-refractivity contribution is 0.349. The Kier molecular flexibility index (Phi) is 8.56. The van der Waals surface area contributed by atoms with E-state index in [2.05, 4.69) is 52.1 Å². The summed E-state index contributed by atoms with van der Waals surface area (Å²) in [7, 11) is 0. The number of rotatable bonds is 5. The first-order valence-corrected chi connectivity index (χ1v) is 9.72. The first-order chi connectivity index (χ1) is 12.9. The Morgan fingerprint density at radius 1 is 0.821 bits per heavy atom. The highest BCUT2D eigenvalue weighted by Gasteiger charge is 2.10. The number of hydrogen-bond acceptors (Lipinski definition) is 2. The summed E-state index contributed by atoms with van der Waals surface area (Å²) in [5.74, 6) is 1.41. The van der Waals surface area contributed by atoms with Crippen LogP contribution in [0.1, 0.15) is 52.8 Å². The van der Waals surface area contributed by atoms with Gasteiger partial charge in [0.2, 0.25) is 0 Å². The van der Waals surface area contributed by atoms with Crippen LogP contribution in [0.15, 0.2) is 42.5 Å². The third-order valence-corrected chi connectivity index (χ3v) is 4.86. The van der Waals surface area contributed by atoms with E-state index in [0.717, 1.165) is 45.6 Å². The van der Waals surface area contributed by atoms with Crippen LogP contribution in [-0.2, 0) is 6.42 Å². The predicted molar refractivity (Wildman–Crippen MR) is 122 cm³/mol. The fraction of sp³-hybridized carbons (Fsp3) is 0.385. The van der Waals surface area contributed by atoms with Crippen molar-refractivity contribution in [2.45, 2.75) is 61.8 Å². The molecule has 0 saturated carbocycles. The molecule has 0 bridgehead atoms. The molecule has 0 aliphatic heterocycles. The highest BCUT2D eigenvalue weighted by Crippen LogP contribution is 2.29. The SMILES string of the molecule is C=C(C)COc1cc(C)cc(C)c1C.C=C(C)Cc1c(C)cc(C)c(C)c1O. The molecule has 2 aromatic carbocycles. The number of phenols is 1. The van der Waals surface area contributed by atoms with E-state index in [4.69, 9.17) is 4.74 Å². The van der Waals surface area contributed by atoms with Gasteiger partial charge in [-0.2, -0.15) is 0 Å². The summed E-state index contributed by atoms with van der Waals surface area (Å²) in [5, 5.41) is 9.97. The first-order valence-electron chi connectivity index (χ1n) is 9.72. The van der Waals surface area contributed by atoms with Gasteiger partial charge >= 0.3 is 0 Å². The number of benzene rings is 2. The molecule has 0 aliphatic rings. The van der Waals surface area contributed by atoms with Crippen molar-refractivity contribution < 1.29 is 9.84 Å². The third kappa shape index (κ3) is 6.60. The molecule has 152 valence electrons. The Morgan fingerprint density at radius 2 is 1.39 bits per heavy atom. The number of ether oxygens (including phenoxy) is 1. The molecule has 0 atom stereocenters. The molecule has 0 spiro atoms. The molecule has 0 aromatic heterocycles. The summed E-state index contributed by atoms with van der Waals surface area (Å²) in [6.45, 7) is 24.5. The van der Waals surface area contributed by atoms with Crippen LogP contribution < -0.4 is 4.74 Å². The summed E-state index contributed by atoms with van der Waals surface area (Å²) < 4.78 is 5.66. The summed E-state index contributed by atoms with van der Waals surface area (Å²) >= 11 is 0. The zero-order chi connectivity index (χ0) is 21.6. The van der Waals surface area contributed by atoms with E-state index in [1.807, 2.05) is 34.6 Å². The number of hydrogen-bond donors (Lipinski definition) is 1. The zero-order valence-corrected chi connectivity index (χ0v) is 18.9. The average molecular weight is 381 g/mol. The number of aryl methyl sites for hydroxylation is 4. The number of phenolic OH excluding ortho intramolecular Hbond substituents is 1. The Morgan fingerprint density at radius 3 is 1.93 bits per heavy atom. The van der Waals surface area contributed by atoms with Crippen molar-refractivity contribution in [3.8, 4) is 11.5 Å². The van der Waals surface area contributed by atoms with Crippen molar-refractivity contribution in [1.82, 2.24) is 0 Å². The third-order valence-electron chi connectivity index (χ3n) is 4.86. The second-order valence-electron chi connectivity index (χ2n) is 8.05. The van der Waals surface area contributed by atoms with Gasteiger partial charge in [0.05, 0.1) is 0 Å². The molecule has 0 radical (unpaired) electrons. The second-order valence-corrected chi connectivity index (χ2v) is 8.05. The van der Waals surface area contributed by atoms with Crippen molar-refractivity contribution in [1.29, 1.82) is 0 Å². The molecular formula is C26H36O2. The van der Waals surface area contributed by atoms with E-state index in [0.29, 0.717) is 12.4 Å². The number of allylic oxidation sites excluding steroid dienone is 1. The molecule has 0 heterocycles. The Balaban J connectivity index is 0.000000280. The van der Waals surface area contributed by atoms with Gasteiger partial charge < -0.3 is 9.84 Å². The van der Waals surface area contributed by atoms with Gasteiger partial charge in [0.25, 0.3) is 0 Å². The van der Waals surface area contributed by atoms with E-state index in [1.165, 1.54) is 16.7 Å². The maximum atomic E-state index is 9.97. The Bertz CT molecular complexity index is 873. The predicted octanol–water partition coefficient (Wildman–Crippen LogP) is 7.00. The van der Waals surface area contributed by atoms with Crippen LogP contribution in [-0.4, -0.2) is 11.7 Å². The minimum absolute atomic E-state index is 0.436. The maximum Gasteiger partial charge on any atom is 0.123 e. The Hall–Kier alpha value is -2.48. The van der Waals surface area contributed by atoms with E-state index in [9.17, 15) is 5.11 Å². The van der Waals surface area contributed by atoms with Crippen LogP contribution in [0.2, 0.25) is 0 Å². The summed E-state index contributed by atoms with van der Waals surface area (Å²) in [6.07, 6.45) is 0.763. The lowest BCUT2D eigenvalue weighted by Crippen LogP contribution is -2.00.